The molecule has 1 aromatic carbocycles. The summed E-state index contributed by atoms with van der Waals surface area (Å²) in [5.74, 6) is -1.75. The lowest BCUT2D eigenvalue weighted by molar-refractivity contribution is -0.132. The van der Waals surface area contributed by atoms with Crippen molar-refractivity contribution in [1.82, 2.24) is 4.98 Å². The maximum atomic E-state index is 11.8. The van der Waals surface area contributed by atoms with Gasteiger partial charge in [-0.2, -0.15) is 0 Å². The molecule has 0 radical (unpaired) electrons. The van der Waals surface area contributed by atoms with Gasteiger partial charge in [0.1, 0.15) is 0 Å². The second kappa shape index (κ2) is 6.76. The van der Waals surface area contributed by atoms with Crippen LogP contribution in [-0.4, -0.2) is 16.8 Å². The Morgan fingerprint density at radius 1 is 0.952 bits per heavy atom. The van der Waals surface area contributed by atoms with Crippen LogP contribution in [0.1, 0.15) is 0 Å². The van der Waals surface area contributed by atoms with E-state index in [4.69, 9.17) is 34.8 Å². The molecule has 1 heterocycles. The van der Waals surface area contributed by atoms with E-state index in [1.54, 1.807) is 6.07 Å². The molecule has 0 atom stereocenters. The van der Waals surface area contributed by atoms with E-state index in [1.165, 1.54) is 30.5 Å². The first-order valence-corrected chi connectivity index (χ1v) is 6.78. The third kappa shape index (κ3) is 4.07. The molecule has 0 saturated carbocycles. The number of nitrogens with one attached hydrogen (secondary N) is 2. The molecule has 8 heteroatoms. The molecule has 2 amide bonds. The van der Waals surface area contributed by atoms with Crippen LogP contribution in [-0.2, 0) is 9.59 Å². The Morgan fingerprint density at radius 3 is 2.33 bits per heavy atom. The van der Waals surface area contributed by atoms with E-state index in [0.717, 1.165) is 0 Å². The number of carbonyl (C=O) groups excluding carboxylic acids is 2. The largest absolute Gasteiger partial charge is 0.318 e. The second-order valence-electron chi connectivity index (χ2n) is 3.88. The minimum atomic E-state index is -0.879. The van der Waals surface area contributed by atoms with Crippen molar-refractivity contribution in [3.05, 3.63) is 51.7 Å². The number of halogens is 3. The number of amides is 2. The minimum absolute atomic E-state index is 0.0909. The topological polar surface area (TPSA) is 71.1 Å². The van der Waals surface area contributed by atoms with E-state index in [0.29, 0.717) is 10.7 Å². The van der Waals surface area contributed by atoms with Crippen LogP contribution < -0.4 is 10.6 Å². The first kappa shape index (κ1) is 15.6. The molecule has 0 fully saturated rings. The Labute approximate surface area is 135 Å². The van der Waals surface area contributed by atoms with Gasteiger partial charge in [0.15, 0.2) is 5.15 Å². The zero-order valence-corrected chi connectivity index (χ0v) is 12.6. The monoisotopic (exact) mass is 343 g/mol. The van der Waals surface area contributed by atoms with Crippen molar-refractivity contribution in [2.45, 2.75) is 0 Å². The van der Waals surface area contributed by atoms with Crippen molar-refractivity contribution in [1.29, 1.82) is 0 Å². The lowest BCUT2D eigenvalue weighted by atomic mass is 10.3. The SMILES string of the molecule is O=C(Nc1ccc(Cl)c(Cl)c1)C(=O)Nc1cccnc1Cl. The van der Waals surface area contributed by atoms with Crippen LogP contribution in [0.3, 0.4) is 0 Å². The summed E-state index contributed by atoms with van der Waals surface area (Å²) in [5, 5.41) is 5.45. The maximum absolute atomic E-state index is 11.8. The zero-order chi connectivity index (χ0) is 15.4. The minimum Gasteiger partial charge on any atom is -0.318 e. The number of rotatable bonds is 2. The van der Waals surface area contributed by atoms with Gasteiger partial charge in [0, 0.05) is 11.9 Å². The van der Waals surface area contributed by atoms with E-state index < -0.39 is 11.8 Å². The third-order valence-corrected chi connectivity index (χ3v) is 3.43. The van der Waals surface area contributed by atoms with Crippen LogP contribution in [0, 0.1) is 0 Å². The van der Waals surface area contributed by atoms with Crippen LogP contribution >= 0.6 is 34.8 Å². The number of aromatic nitrogens is 1. The smallest absolute Gasteiger partial charge is 0.314 e. The van der Waals surface area contributed by atoms with Gasteiger partial charge in [-0.05, 0) is 30.3 Å². The summed E-state index contributed by atoms with van der Waals surface area (Å²) in [4.78, 5) is 27.3. The third-order valence-electron chi connectivity index (χ3n) is 2.39. The van der Waals surface area contributed by atoms with Crippen molar-refractivity contribution >= 4 is 58.0 Å². The number of hydrogen-bond acceptors (Lipinski definition) is 3. The van der Waals surface area contributed by atoms with Gasteiger partial charge in [-0.15, -0.1) is 0 Å². The average Bonchev–Trinajstić information content (AvgIpc) is 2.45. The summed E-state index contributed by atoms with van der Waals surface area (Å²) in [6, 6.07) is 7.58. The van der Waals surface area contributed by atoms with Crippen molar-refractivity contribution in [3.8, 4) is 0 Å². The van der Waals surface area contributed by atoms with Gasteiger partial charge in [0.05, 0.1) is 15.7 Å². The van der Waals surface area contributed by atoms with E-state index in [1.807, 2.05) is 0 Å². The Hall–Kier alpha value is -1.82. The number of anilines is 2. The molecule has 108 valence electrons. The van der Waals surface area contributed by atoms with Gasteiger partial charge in [-0.3, -0.25) is 9.59 Å². The normalized spacial score (nSPS) is 10.0. The quantitative estimate of drug-likeness (QED) is 0.645. The number of pyridine rings is 1. The van der Waals surface area contributed by atoms with E-state index in [9.17, 15) is 9.59 Å². The van der Waals surface area contributed by atoms with Crippen LogP contribution in [0.25, 0.3) is 0 Å². The first-order chi connectivity index (χ1) is 9.97. The highest BCUT2D eigenvalue weighted by molar-refractivity contribution is 6.45. The molecule has 0 aliphatic heterocycles. The standard InChI is InChI=1S/C13H8Cl3N3O2/c14-8-4-3-7(6-9(8)15)18-12(20)13(21)19-10-2-1-5-17-11(10)16/h1-6H,(H,18,20)(H,19,21). The molecule has 21 heavy (non-hydrogen) atoms. The summed E-state index contributed by atoms with van der Waals surface area (Å²) in [5.41, 5.74) is 0.593. The summed E-state index contributed by atoms with van der Waals surface area (Å²) in [6.07, 6.45) is 1.47. The highest BCUT2D eigenvalue weighted by atomic mass is 35.5. The zero-order valence-electron chi connectivity index (χ0n) is 10.4. The highest BCUT2D eigenvalue weighted by Crippen LogP contribution is 2.25. The maximum Gasteiger partial charge on any atom is 0.314 e. The van der Waals surface area contributed by atoms with Crippen molar-refractivity contribution < 1.29 is 9.59 Å². The Bertz CT molecular complexity index is 707. The highest BCUT2D eigenvalue weighted by Gasteiger charge is 2.16. The van der Waals surface area contributed by atoms with Crippen LogP contribution in [0.4, 0.5) is 11.4 Å². The second-order valence-corrected chi connectivity index (χ2v) is 5.05. The van der Waals surface area contributed by atoms with Gasteiger partial charge in [0.2, 0.25) is 0 Å². The summed E-state index contributed by atoms with van der Waals surface area (Å²) in [7, 11) is 0. The molecule has 0 unspecified atom stereocenters. The van der Waals surface area contributed by atoms with Gasteiger partial charge in [-0.1, -0.05) is 34.8 Å². The van der Waals surface area contributed by atoms with Crippen molar-refractivity contribution in [2.24, 2.45) is 0 Å². The van der Waals surface area contributed by atoms with Crippen molar-refractivity contribution in [3.63, 3.8) is 0 Å². The number of carbonyl (C=O) groups is 2. The fourth-order valence-corrected chi connectivity index (χ4v) is 1.88. The first-order valence-electron chi connectivity index (χ1n) is 5.65. The molecule has 1 aromatic heterocycles. The predicted molar refractivity (Wildman–Crippen MR) is 83.0 cm³/mol. The average molecular weight is 345 g/mol. The van der Waals surface area contributed by atoms with E-state index in [2.05, 4.69) is 15.6 Å². The predicted octanol–water partition coefficient (Wildman–Crippen LogP) is 3.62. The Morgan fingerprint density at radius 2 is 1.67 bits per heavy atom. The number of benzene rings is 1. The summed E-state index contributed by atoms with van der Waals surface area (Å²) < 4.78 is 0. The summed E-state index contributed by atoms with van der Waals surface area (Å²) >= 11 is 17.4. The molecule has 0 saturated heterocycles. The Kier molecular flexibility index (Phi) is 5.01. The number of hydrogen-bond donors (Lipinski definition) is 2. The van der Waals surface area contributed by atoms with Gasteiger partial charge in [-0.25, -0.2) is 4.98 Å². The van der Waals surface area contributed by atoms with Crippen LogP contribution in [0.5, 0.6) is 0 Å². The molecule has 0 aliphatic carbocycles. The molecule has 2 aromatic rings. The molecule has 2 N–H and O–H groups in total. The van der Waals surface area contributed by atoms with Gasteiger partial charge < -0.3 is 10.6 Å². The fourth-order valence-electron chi connectivity index (χ4n) is 1.42. The van der Waals surface area contributed by atoms with Crippen LogP contribution in [0.15, 0.2) is 36.5 Å². The molecule has 0 spiro atoms. The van der Waals surface area contributed by atoms with E-state index in [-0.39, 0.29) is 15.9 Å². The lowest BCUT2D eigenvalue weighted by Gasteiger charge is -2.07. The Balaban J connectivity index is 2.04. The van der Waals surface area contributed by atoms with Gasteiger partial charge >= 0.3 is 11.8 Å². The van der Waals surface area contributed by atoms with Gasteiger partial charge in [0.25, 0.3) is 0 Å². The molecule has 5 nitrogen and oxygen atoms in total. The molecular formula is C13H8Cl3N3O2. The molecule has 2 rings (SSSR count). The summed E-state index contributed by atoms with van der Waals surface area (Å²) in [6.45, 7) is 0. The molecule has 0 aliphatic rings. The van der Waals surface area contributed by atoms with Crippen LogP contribution in [0.2, 0.25) is 15.2 Å². The number of nitrogens with zero attached hydrogens (tertiary/aromatic N) is 1. The fraction of sp³-hybridized carbons (Fsp3) is 0. The molecule has 0 bridgehead atoms. The molecular weight excluding hydrogens is 337 g/mol. The van der Waals surface area contributed by atoms with Crippen molar-refractivity contribution in [2.75, 3.05) is 10.6 Å². The van der Waals surface area contributed by atoms with E-state index >= 15 is 0 Å². The lowest BCUT2D eigenvalue weighted by Crippen LogP contribution is -2.29.